The number of aromatic nitrogens is 2. The second-order valence-electron chi connectivity index (χ2n) is 4.81. The Morgan fingerprint density at radius 2 is 1.95 bits per heavy atom. The first-order chi connectivity index (χ1) is 9.74. The van der Waals surface area contributed by atoms with Crippen molar-refractivity contribution in [2.45, 2.75) is 20.3 Å². The molecule has 0 saturated carbocycles. The predicted octanol–water partition coefficient (Wildman–Crippen LogP) is 4.27. The van der Waals surface area contributed by atoms with E-state index >= 15 is 0 Å². The number of nitroso groups, excluding NO2 is 1. The Morgan fingerprint density at radius 1 is 1.20 bits per heavy atom. The highest BCUT2D eigenvalue weighted by atomic mass is 16.3. The van der Waals surface area contributed by atoms with Crippen LogP contribution in [0.15, 0.2) is 47.8 Å². The molecule has 20 heavy (non-hydrogen) atoms. The van der Waals surface area contributed by atoms with Crippen LogP contribution in [0.2, 0.25) is 0 Å². The molecular weight excluding hydrogens is 250 g/mol. The van der Waals surface area contributed by atoms with Crippen LogP contribution in [0, 0.1) is 11.8 Å². The highest BCUT2D eigenvalue weighted by Crippen LogP contribution is 2.31. The molecule has 0 amide bonds. The third kappa shape index (κ3) is 1.90. The minimum absolute atomic E-state index is 0.355. The Hall–Kier alpha value is -2.49. The summed E-state index contributed by atoms with van der Waals surface area (Å²) < 4.78 is 1.74. The number of aryl methyl sites for hydroxylation is 2. The van der Waals surface area contributed by atoms with Crippen LogP contribution in [0.1, 0.15) is 18.1 Å². The van der Waals surface area contributed by atoms with Crippen molar-refractivity contribution in [3.8, 4) is 11.3 Å². The lowest BCUT2D eigenvalue weighted by Crippen LogP contribution is -1.85. The van der Waals surface area contributed by atoms with Gasteiger partial charge < -0.3 is 0 Å². The number of hydrogen-bond donors (Lipinski definition) is 0. The van der Waals surface area contributed by atoms with E-state index in [1.807, 2.05) is 37.4 Å². The van der Waals surface area contributed by atoms with Gasteiger partial charge in [-0.2, -0.15) is 0 Å². The van der Waals surface area contributed by atoms with Crippen molar-refractivity contribution in [3.05, 3.63) is 58.6 Å². The van der Waals surface area contributed by atoms with E-state index in [0.717, 1.165) is 23.2 Å². The van der Waals surface area contributed by atoms with Crippen LogP contribution in [0.25, 0.3) is 16.9 Å². The van der Waals surface area contributed by atoms with Gasteiger partial charge in [0.05, 0.1) is 0 Å². The second-order valence-corrected chi connectivity index (χ2v) is 4.81. The van der Waals surface area contributed by atoms with E-state index in [1.165, 1.54) is 5.56 Å². The average molecular weight is 265 g/mol. The van der Waals surface area contributed by atoms with Gasteiger partial charge in [0.2, 0.25) is 5.82 Å². The SMILES string of the molecule is CCc1ccc(-c2nc3c(C)cccn3c2N=O)cc1. The molecule has 1 aromatic carbocycles. The maximum absolute atomic E-state index is 11.2. The molecule has 0 unspecified atom stereocenters. The molecule has 0 fully saturated rings. The van der Waals surface area contributed by atoms with Crippen LogP contribution >= 0.6 is 0 Å². The zero-order chi connectivity index (χ0) is 14.1. The largest absolute Gasteiger partial charge is 0.281 e. The number of fused-ring (bicyclic) bond motifs is 1. The van der Waals surface area contributed by atoms with Gasteiger partial charge >= 0.3 is 0 Å². The van der Waals surface area contributed by atoms with Crippen LogP contribution in [-0.4, -0.2) is 9.38 Å². The van der Waals surface area contributed by atoms with Gasteiger partial charge in [-0.05, 0) is 35.7 Å². The highest BCUT2D eigenvalue weighted by Gasteiger charge is 2.15. The van der Waals surface area contributed by atoms with Crippen molar-refractivity contribution in [2.75, 3.05) is 0 Å². The molecule has 0 aliphatic carbocycles. The standard InChI is InChI=1S/C16H15N3O/c1-3-12-6-8-13(9-7-12)14-16(18-20)19-10-4-5-11(2)15(19)17-14/h4-10H,3H2,1-2H3. The molecule has 0 spiro atoms. The molecule has 0 saturated heterocycles. The van der Waals surface area contributed by atoms with E-state index in [2.05, 4.69) is 29.2 Å². The fourth-order valence-electron chi connectivity index (χ4n) is 2.37. The van der Waals surface area contributed by atoms with E-state index in [9.17, 15) is 4.91 Å². The number of nitrogens with zero attached hydrogens (tertiary/aromatic N) is 3. The van der Waals surface area contributed by atoms with Gasteiger partial charge in [-0.25, -0.2) is 4.98 Å². The first kappa shape index (κ1) is 12.5. The fourth-order valence-corrected chi connectivity index (χ4v) is 2.37. The molecule has 0 N–H and O–H groups in total. The van der Waals surface area contributed by atoms with Crippen LogP contribution in [0.5, 0.6) is 0 Å². The summed E-state index contributed by atoms with van der Waals surface area (Å²) in [6, 6.07) is 12.0. The maximum atomic E-state index is 11.2. The molecule has 3 rings (SSSR count). The number of pyridine rings is 1. The van der Waals surface area contributed by atoms with Crippen molar-refractivity contribution >= 4 is 11.5 Å². The Kier molecular flexibility index (Phi) is 3.06. The topological polar surface area (TPSA) is 46.7 Å². The van der Waals surface area contributed by atoms with E-state index in [4.69, 9.17) is 0 Å². The number of benzene rings is 1. The highest BCUT2D eigenvalue weighted by molar-refractivity contribution is 5.75. The minimum atomic E-state index is 0.355. The Labute approximate surface area is 117 Å². The lowest BCUT2D eigenvalue weighted by molar-refractivity contribution is 1.14. The summed E-state index contributed by atoms with van der Waals surface area (Å²) in [4.78, 5) is 15.8. The third-order valence-corrected chi connectivity index (χ3v) is 3.54. The summed E-state index contributed by atoms with van der Waals surface area (Å²) in [5, 5.41) is 3.17. The van der Waals surface area contributed by atoms with Gasteiger partial charge in [0.15, 0.2) is 0 Å². The van der Waals surface area contributed by atoms with Crippen LogP contribution in [0.3, 0.4) is 0 Å². The number of hydrogen-bond acceptors (Lipinski definition) is 3. The van der Waals surface area contributed by atoms with E-state index in [-0.39, 0.29) is 0 Å². The van der Waals surface area contributed by atoms with Crippen molar-refractivity contribution in [1.82, 2.24) is 9.38 Å². The normalized spacial score (nSPS) is 10.9. The van der Waals surface area contributed by atoms with Crippen molar-refractivity contribution in [2.24, 2.45) is 5.18 Å². The summed E-state index contributed by atoms with van der Waals surface area (Å²) in [5.41, 5.74) is 4.61. The first-order valence-corrected chi connectivity index (χ1v) is 6.65. The van der Waals surface area contributed by atoms with E-state index in [1.54, 1.807) is 4.40 Å². The zero-order valence-corrected chi connectivity index (χ0v) is 11.5. The molecule has 0 bridgehead atoms. The lowest BCUT2D eigenvalue weighted by Gasteiger charge is -2.00. The summed E-state index contributed by atoms with van der Waals surface area (Å²) in [7, 11) is 0. The summed E-state index contributed by atoms with van der Waals surface area (Å²) in [6.45, 7) is 4.09. The predicted molar refractivity (Wildman–Crippen MR) is 80.2 cm³/mol. The van der Waals surface area contributed by atoms with Crippen molar-refractivity contribution < 1.29 is 0 Å². The molecule has 0 radical (unpaired) electrons. The lowest BCUT2D eigenvalue weighted by atomic mass is 10.1. The van der Waals surface area contributed by atoms with E-state index in [0.29, 0.717) is 11.5 Å². The van der Waals surface area contributed by atoms with Gasteiger partial charge in [-0.1, -0.05) is 37.3 Å². The first-order valence-electron chi connectivity index (χ1n) is 6.65. The fraction of sp³-hybridized carbons (Fsp3) is 0.188. The van der Waals surface area contributed by atoms with E-state index < -0.39 is 0 Å². The second kappa shape index (κ2) is 4.89. The number of imidazole rings is 1. The van der Waals surface area contributed by atoms with Crippen molar-refractivity contribution in [1.29, 1.82) is 0 Å². The summed E-state index contributed by atoms with van der Waals surface area (Å²) >= 11 is 0. The molecule has 4 heteroatoms. The van der Waals surface area contributed by atoms with Gasteiger partial charge in [0.1, 0.15) is 11.3 Å². The Balaban J connectivity index is 2.24. The molecule has 0 aliphatic rings. The Bertz CT molecular complexity index is 772. The molecule has 100 valence electrons. The average Bonchev–Trinajstić information content (AvgIpc) is 2.87. The number of rotatable bonds is 3. The van der Waals surface area contributed by atoms with Crippen LogP contribution in [0.4, 0.5) is 5.82 Å². The van der Waals surface area contributed by atoms with Gasteiger partial charge in [0, 0.05) is 11.8 Å². The van der Waals surface area contributed by atoms with Gasteiger partial charge in [0.25, 0.3) is 0 Å². The van der Waals surface area contributed by atoms with Crippen LogP contribution < -0.4 is 0 Å². The minimum Gasteiger partial charge on any atom is -0.281 e. The molecule has 2 aromatic heterocycles. The molecule has 4 nitrogen and oxygen atoms in total. The molecule has 3 aromatic rings. The smallest absolute Gasteiger partial charge is 0.209 e. The monoisotopic (exact) mass is 265 g/mol. The third-order valence-electron chi connectivity index (χ3n) is 3.54. The molecule has 2 heterocycles. The summed E-state index contributed by atoms with van der Waals surface area (Å²) in [6.07, 6.45) is 2.80. The quantitative estimate of drug-likeness (QED) is 0.664. The zero-order valence-electron chi connectivity index (χ0n) is 11.5. The molecule has 0 aliphatic heterocycles. The van der Waals surface area contributed by atoms with Gasteiger partial charge in [-0.3, -0.25) is 4.40 Å². The Morgan fingerprint density at radius 3 is 2.60 bits per heavy atom. The molecular formula is C16H15N3O. The maximum Gasteiger partial charge on any atom is 0.209 e. The summed E-state index contributed by atoms with van der Waals surface area (Å²) in [5.74, 6) is 0.355. The van der Waals surface area contributed by atoms with Crippen molar-refractivity contribution in [3.63, 3.8) is 0 Å². The molecule has 0 atom stereocenters. The van der Waals surface area contributed by atoms with Crippen LogP contribution in [-0.2, 0) is 6.42 Å². The van der Waals surface area contributed by atoms with Gasteiger partial charge in [-0.15, -0.1) is 4.91 Å².